The van der Waals surface area contributed by atoms with Crippen LogP contribution >= 0.6 is 23.2 Å². The zero-order chi connectivity index (χ0) is 92.7. The van der Waals surface area contributed by atoms with Gasteiger partial charge >= 0.3 is 5.97 Å². The molecule has 18 atom stereocenters. The minimum atomic E-state index is -2.45. The predicted molar refractivity (Wildman–Crippen MR) is 457 cm³/mol. The average molecular weight is 1830 g/mol. The summed E-state index contributed by atoms with van der Waals surface area (Å²) in [6.07, 6.45) is -14.7. The van der Waals surface area contributed by atoms with Crippen LogP contribution in [0.5, 0.6) is 69.0 Å². The number of aromatic hydroxyl groups is 4. The van der Waals surface area contributed by atoms with Gasteiger partial charge in [-0.25, -0.2) is 4.79 Å². The predicted octanol–water partition coefficient (Wildman–Crippen LogP) is 4.56. The molecule has 8 aliphatic rings. The van der Waals surface area contributed by atoms with Gasteiger partial charge in [0, 0.05) is 48.2 Å². The molecular weight excluding hydrogens is 1730 g/mol. The molecule has 0 aliphatic carbocycles. The van der Waals surface area contributed by atoms with Crippen LogP contribution in [0.25, 0.3) is 11.1 Å². The third-order valence-corrected chi connectivity index (χ3v) is 23.7. The highest BCUT2D eigenvalue weighted by molar-refractivity contribution is 6.33. The Morgan fingerprint density at radius 2 is 1.20 bits per heavy atom. The van der Waals surface area contributed by atoms with Crippen molar-refractivity contribution in [3.05, 3.63) is 164 Å². The molecule has 0 saturated carbocycles. The molecule has 21 N–H and O–H groups in total. The highest BCUT2D eigenvalue weighted by Gasteiger charge is 2.52. The number of benzene rings is 7. The van der Waals surface area contributed by atoms with Gasteiger partial charge in [0.1, 0.15) is 131 Å². The Morgan fingerprint density at radius 3 is 1.89 bits per heavy atom. The molecule has 7 aromatic rings. The number of aliphatic hydroxyl groups excluding tert-OH is 7. The van der Waals surface area contributed by atoms with E-state index in [4.69, 9.17) is 56.4 Å². The third-order valence-electron chi connectivity index (χ3n) is 23.0. The van der Waals surface area contributed by atoms with Crippen LogP contribution in [0.4, 0.5) is 0 Å². The van der Waals surface area contributed by atoms with Crippen molar-refractivity contribution >= 4 is 76.4 Å². The maximum atomic E-state index is 16.8. The van der Waals surface area contributed by atoms with E-state index in [9.17, 15) is 75.7 Å². The van der Waals surface area contributed by atoms with Gasteiger partial charge in [-0.2, -0.15) is 0 Å². The highest BCUT2D eigenvalue weighted by Crippen LogP contribution is 2.51. The van der Waals surface area contributed by atoms with Crippen LogP contribution in [0.3, 0.4) is 0 Å². The summed E-state index contributed by atoms with van der Waals surface area (Å²) in [6.45, 7) is 3.65. The van der Waals surface area contributed by atoms with Crippen molar-refractivity contribution in [3.63, 3.8) is 0 Å². The molecule has 15 rings (SSSR count). The van der Waals surface area contributed by atoms with Gasteiger partial charge in [0.05, 0.1) is 16.7 Å². The number of halogens is 2. The fraction of sp³-hybridized carbons (Fsp3) is 0.427. The Labute approximate surface area is 748 Å². The summed E-state index contributed by atoms with van der Waals surface area (Å²) in [7, 11) is 4.96. The lowest BCUT2D eigenvalue weighted by Crippen LogP contribution is -2.66. The Hall–Kier alpha value is -11.9. The quantitative estimate of drug-likeness (QED) is 0.0390. The van der Waals surface area contributed by atoms with Gasteiger partial charge in [-0.3, -0.25) is 38.4 Å². The standard InChI is InChI=1S/C89H102Cl2N10O28/c1-39(2)14-11-9-7-6-8-10-12-15-62(107)95-71-74(110)76(112)79(87(121)122)129-88(71)128-78-59-32-44-33-60(78)125-56-25-20-43(30-51(56)90)72(108)70-86(120)99-68(81(115)93-26-13-27-101(4)5)49-34-45(103)35-58(126-89-77(113)75(111)73(109)61(38-102)127-89)63(49)48-29-41(18-23-53(48)104)66(83(117)100-70)96-84(118)67(44)97-85(119)69-50-36-47(37-55(106)64(50)91)124-57-31-42(19-24-54(57)105)65(92-3)82(116)94-52(80(114)98-69)28-40-16-21-46(123-59)22-17-40/h16-25,29-37,39,52,61,65-77,79,88-89,92,102-106,108-113H,6-15,26-28,38H2,1-5H3,(H,93,115)(H,94,116)(H,95,107)(H,96,118)(H,97,119)(H,98,114)(H,99,120)(H,100,117)(H,121,122)/t52-,61-,65+,66-,67-,68+,69+,70+,71-,72-,73-,74-,75+,76+,77+,79+,88-,89+/m1/s1. The number of amides is 8. The average Bonchev–Trinajstić information content (AvgIpc) is 0.751. The monoisotopic (exact) mass is 1830 g/mol. The van der Waals surface area contributed by atoms with Gasteiger partial charge in [0.15, 0.2) is 29.1 Å². The minimum Gasteiger partial charge on any atom is -0.508 e. The van der Waals surface area contributed by atoms with Crippen LogP contribution in [0.1, 0.15) is 153 Å². The number of aliphatic carboxylic acids is 1. The van der Waals surface area contributed by atoms with Crippen LogP contribution in [-0.2, 0) is 59.0 Å². The van der Waals surface area contributed by atoms with Gasteiger partial charge in [-0.05, 0) is 153 Å². The summed E-state index contributed by atoms with van der Waals surface area (Å²) in [5.74, 6) is -17.4. The van der Waals surface area contributed by atoms with Gasteiger partial charge in [0.25, 0.3) is 0 Å². The molecule has 17 bridgehead atoms. The van der Waals surface area contributed by atoms with Crippen molar-refractivity contribution in [2.45, 2.75) is 194 Å². The number of ether oxygens (including phenoxy) is 7. The molecule has 40 heteroatoms. The van der Waals surface area contributed by atoms with Gasteiger partial charge < -0.3 is 147 Å². The second kappa shape index (κ2) is 41.3. The number of carbonyl (C=O) groups excluding carboxylic acids is 8. The number of phenols is 4. The zero-order valence-electron chi connectivity index (χ0n) is 70.4. The number of aliphatic hydroxyl groups is 7. The molecule has 8 heterocycles. The van der Waals surface area contributed by atoms with Crippen molar-refractivity contribution < 1.29 is 138 Å². The number of carboxylic acids is 1. The molecule has 690 valence electrons. The van der Waals surface area contributed by atoms with E-state index in [0.717, 1.165) is 111 Å². The molecule has 129 heavy (non-hydrogen) atoms. The molecule has 0 unspecified atom stereocenters. The summed E-state index contributed by atoms with van der Waals surface area (Å²) >= 11 is 14.3. The summed E-state index contributed by atoms with van der Waals surface area (Å²) in [6, 6.07) is 5.70. The maximum absolute atomic E-state index is 16.8. The third kappa shape index (κ3) is 21.7. The normalized spacial score (nSPS) is 25.7. The van der Waals surface area contributed by atoms with Crippen LogP contribution in [0.15, 0.2) is 115 Å². The fourth-order valence-electron chi connectivity index (χ4n) is 16.1. The maximum Gasteiger partial charge on any atom is 0.335 e. The molecule has 2 saturated heterocycles. The number of phenolic OH excluding ortho intramolecular Hbond substituents is 4. The van der Waals surface area contributed by atoms with E-state index in [1.54, 1.807) is 19.0 Å². The number of rotatable bonds is 23. The van der Waals surface area contributed by atoms with Crippen molar-refractivity contribution in [3.8, 4) is 80.1 Å². The Bertz CT molecular complexity index is 5360. The fourth-order valence-corrected chi connectivity index (χ4v) is 16.5. The van der Waals surface area contributed by atoms with Crippen molar-refractivity contribution in [1.29, 1.82) is 0 Å². The minimum absolute atomic E-state index is 0.0942. The highest BCUT2D eigenvalue weighted by atomic mass is 35.5. The summed E-state index contributed by atoms with van der Waals surface area (Å²) in [4.78, 5) is 140. The topological polar surface area (TPSA) is 573 Å². The number of unbranched alkanes of at least 4 members (excludes halogenated alkanes) is 6. The van der Waals surface area contributed by atoms with E-state index < -0.39 is 271 Å². The Morgan fingerprint density at radius 1 is 0.558 bits per heavy atom. The number of carboxylic acid groups (broad SMARTS) is 1. The van der Waals surface area contributed by atoms with Crippen LogP contribution < -0.4 is 71.5 Å². The first-order valence-electron chi connectivity index (χ1n) is 42.0. The number of carbonyl (C=O) groups is 9. The second-order valence-electron chi connectivity index (χ2n) is 33.1. The number of hydrogen-bond acceptors (Lipinski definition) is 29. The van der Waals surface area contributed by atoms with E-state index in [2.05, 4.69) is 61.7 Å². The number of likely N-dealkylation sites (N-methyl/N-ethyl adjacent to an activating group) is 1. The van der Waals surface area contributed by atoms with E-state index in [1.165, 1.54) is 49.5 Å². The van der Waals surface area contributed by atoms with E-state index in [0.29, 0.717) is 30.9 Å². The van der Waals surface area contributed by atoms with Gasteiger partial charge in [-0.15, -0.1) is 0 Å². The Balaban J connectivity index is 1.03. The molecule has 8 amide bonds. The lowest BCUT2D eigenvalue weighted by atomic mass is 9.89. The van der Waals surface area contributed by atoms with E-state index in [1.807, 2.05) is 0 Å². The molecule has 7 aromatic carbocycles. The van der Waals surface area contributed by atoms with Crippen LogP contribution in [-0.4, -0.2) is 234 Å². The van der Waals surface area contributed by atoms with Gasteiger partial charge in [0.2, 0.25) is 65.6 Å². The molecule has 8 aliphatic heterocycles. The Kier molecular flexibility index (Phi) is 30.3. The van der Waals surface area contributed by atoms with Crippen molar-refractivity contribution in [2.75, 3.05) is 40.8 Å². The summed E-state index contributed by atoms with van der Waals surface area (Å²) in [5.41, 5.74) is -2.67. The van der Waals surface area contributed by atoms with Gasteiger partial charge in [-0.1, -0.05) is 112 Å². The molecule has 0 spiro atoms. The van der Waals surface area contributed by atoms with Crippen molar-refractivity contribution in [1.82, 2.24) is 52.8 Å². The van der Waals surface area contributed by atoms with E-state index in [-0.39, 0.29) is 47.8 Å². The largest absolute Gasteiger partial charge is 0.508 e. The molecule has 0 radical (unpaired) electrons. The second-order valence-corrected chi connectivity index (χ2v) is 33.8. The lowest BCUT2D eigenvalue weighted by molar-refractivity contribution is -0.277. The molecule has 2 fully saturated rings. The van der Waals surface area contributed by atoms with Crippen LogP contribution in [0, 0.1) is 5.92 Å². The lowest BCUT2D eigenvalue weighted by Gasteiger charge is -2.41. The van der Waals surface area contributed by atoms with Crippen molar-refractivity contribution in [2.24, 2.45) is 5.92 Å². The first kappa shape index (κ1) is 94.7. The summed E-state index contributed by atoms with van der Waals surface area (Å²) in [5, 5.41) is 161. The van der Waals surface area contributed by atoms with Crippen LogP contribution in [0.2, 0.25) is 10.0 Å². The smallest absolute Gasteiger partial charge is 0.335 e. The van der Waals surface area contributed by atoms with E-state index >= 15 is 28.8 Å². The molecule has 0 aromatic heterocycles. The summed E-state index contributed by atoms with van der Waals surface area (Å²) < 4.78 is 44.5. The first-order chi connectivity index (χ1) is 61.6. The molecule has 38 nitrogen and oxygen atoms in total. The molecular formula is C89H102Cl2N10O28. The first-order valence-corrected chi connectivity index (χ1v) is 42.8. The zero-order valence-corrected chi connectivity index (χ0v) is 72.0. The number of hydrogen-bond donors (Lipinski definition) is 21. The SMILES string of the molecule is CN[C@@H]1C(=O)N[C@@H]2Cc3ccc(cc3)Oc3cc4cc(c3O[C@@H]3O[C@H](C(=O)O)[C@@H](O)[C@H](O)[C@H]3NC(=O)CCCCCCCCCC(C)C)Oc3ccc(cc3Cl)[C@@H](O)[C@@H]3NC(=O)[C@H](NC(=O)[C@@H]4NC(=O)[C@@H](NC2=O)c2cc(cc(O)c2Cl)Oc2cc1ccc2O)c1ccc(O)c(c1)-c1c(O[C@H]2O[C@H](CO)[C@@H](O)[C@H](O)[C@@H]2O)cc(O)cc1[C@@H](C(=O)NCCCN(C)C)NC3=O. The number of nitrogens with one attached hydrogen (secondary N) is 9. The number of fused-ring (bicyclic) bond motifs is 14. The number of nitrogens with zero attached hydrogens (tertiary/aromatic N) is 1.